The highest BCUT2D eigenvalue weighted by molar-refractivity contribution is 5.81. The fraction of sp³-hybridized carbons (Fsp3) is 0.533. The van der Waals surface area contributed by atoms with Crippen LogP contribution in [0.15, 0.2) is 29.4 Å². The number of hydrogen-bond acceptors (Lipinski definition) is 4. The van der Waals surface area contributed by atoms with Crippen LogP contribution in [-0.2, 0) is 0 Å². The summed E-state index contributed by atoms with van der Waals surface area (Å²) >= 11 is 0. The van der Waals surface area contributed by atoms with E-state index >= 15 is 0 Å². The summed E-state index contributed by atoms with van der Waals surface area (Å²) in [5.41, 5.74) is 6.90. The minimum absolute atomic E-state index is 0.263. The Hall–Kier alpha value is -1.75. The molecule has 1 heterocycles. The molecule has 0 bridgehead atoms. The highest BCUT2D eigenvalue weighted by atomic mass is 16.5. The first-order valence-corrected chi connectivity index (χ1v) is 7.15. The van der Waals surface area contributed by atoms with Gasteiger partial charge in [0.1, 0.15) is 5.75 Å². The second-order valence-electron chi connectivity index (χ2n) is 5.20. The van der Waals surface area contributed by atoms with Crippen LogP contribution in [0.1, 0.15) is 31.2 Å². The molecule has 0 aliphatic carbocycles. The molecule has 0 fully saturated rings. The van der Waals surface area contributed by atoms with Gasteiger partial charge in [-0.3, -0.25) is 4.90 Å². The Kier molecular flexibility index (Phi) is 5.24. The number of ether oxygens (including phenoxy) is 1. The standard InChI is InChI=1S/C15H23N3O2/c1-2-8-18(11-15(16)17-19)10-12-7-9-20-14-6-4-3-5-13(12)14/h3-6,12,19H,2,7-11H2,1H3,(H2,16,17). The third-order valence-corrected chi connectivity index (χ3v) is 3.62. The molecule has 1 aliphatic heterocycles. The zero-order chi connectivity index (χ0) is 14.4. The molecule has 1 aromatic carbocycles. The highest BCUT2D eigenvalue weighted by Crippen LogP contribution is 2.33. The number of rotatable bonds is 6. The molecule has 5 heteroatoms. The molecule has 1 aliphatic rings. The second kappa shape index (κ2) is 7.14. The number of hydrogen-bond donors (Lipinski definition) is 2. The minimum atomic E-state index is 0.263. The molecule has 1 aromatic rings. The van der Waals surface area contributed by atoms with Gasteiger partial charge in [-0.2, -0.15) is 0 Å². The number of para-hydroxylation sites is 1. The first-order valence-electron chi connectivity index (χ1n) is 7.15. The summed E-state index contributed by atoms with van der Waals surface area (Å²) in [6.45, 7) is 5.24. The zero-order valence-electron chi connectivity index (χ0n) is 12.0. The number of nitrogens with zero attached hydrogens (tertiary/aromatic N) is 2. The molecule has 110 valence electrons. The smallest absolute Gasteiger partial charge is 0.153 e. The SMILES string of the molecule is CCCN(C/C(N)=N/O)CC1CCOc2ccccc21. The van der Waals surface area contributed by atoms with Gasteiger partial charge in [0.2, 0.25) is 0 Å². The molecular formula is C15H23N3O2. The number of nitrogens with two attached hydrogens (primary N) is 1. The average molecular weight is 277 g/mol. The van der Waals surface area contributed by atoms with Crippen LogP contribution >= 0.6 is 0 Å². The van der Waals surface area contributed by atoms with Crippen molar-refractivity contribution in [1.82, 2.24) is 4.90 Å². The molecule has 5 nitrogen and oxygen atoms in total. The van der Waals surface area contributed by atoms with Crippen molar-refractivity contribution < 1.29 is 9.94 Å². The summed E-state index contributed by atoms with van der Waals surface area (Å²) in [4.78, 5) is 2.24. The Morgan fingerprint density at radius 2 is 2.30 bits per heavy atom. The minimum Gasteiger partial charge on any atom is -0.493 e. The van der Waals surface area contributed by atoms with E-state index in [0.717, 1.165) is 38.3 Å². The van der Waals surface area contributed by atoms with E-state index in [4.69, 9.17) is 15.7 Å². The number of oxime groups is 1. The monoisotopic (exact) mass is 277 g/mol. The van der Waals surface area contributed by atoms with Crippen LogP contribution < -0.4 is 10.5 Å². The average Bonchev–Trinajstić information content (AvgIpc) is 2.47. The summed E-state index contributed by atoms with van der Waals surface area (Å²) in [5.74, 6) is 1.70. The molecule has 0 amide bonds. The van der Waals surface area contributed by atoms with E-state index in [1.807, 2.05) is 18.2 Å². The lowest BCUT2D eigenvalue weighted by molar-refractivity contribution is 0.223. The number of fused-ring (bicyclic) bond motifs is 1. The molecule has 0 saturated heterocycles. The van der Waals surface area contributed by atoms with Crippen molar-refractivity contribution in [3.63, 3.8) is 0 Å². The molecule has 1 atom stereocenters. The summed E-state index contributed by atoms with van der Waals surface area (Å²) in [7, 11) is 0. The van der Waals surface area contributed by atoms with E-state index in [2.05, 4.69) is 23.0 Å². The third kappa shape index (κ3) is 3.63. The molecule has 0 spiro atoms. The van der Waals surface area contributed by atoms with Crippen LogP contribution in [0.2, 0.25) is 0 Å². The van der Waals surface area contributed by atoms with Crippen molar-refractivity contribution in [3.05, 3.63) is 29.8 Å². The molecule has 0 radical (unpaired) electrons. The Balaban J connectivity index is 2.07. The number of amidine groups is 1. The topological polar surface area (TPSA) is 71.1 Å². The second-order valence-corrected chi connectivity index (χ2v) is 5.20. The maximum absolute atomic E-state index is 8.73. The largest absolute Gasteiger partial charge is 0.493 e. The normalized spacial score (nSPS) is 18.7. The van der Waals surface area contributed by atoms with Crippen LogP contribution in [-0.4, -0.2) is 42.2 Å². The zero-order valence-corrected chi connectivity index (χ0v) is 12.0. The van der Waals surface area contributed by atoms with Crippen LogP contribution in [0.5, 0.6) is 5.75 Å². The van der Waals surface area contributed by atoms with Gasteiger partial charge in [0, 0.05) is 12.5 Å². The van der Waals surface area contributed by atoms with Gasteiger partial charge in [-0.15, -0.1) is 0 Å². The lowest BCUT2D eigenvalue weighted by Crippen LogP contribution is -2.38. The van der Waals surface area contributed by atoms with Crippen LogP contribution in [0.25, 0.3) is 0 Å². The van der Waals surface area contributed by atoms with Crippen molar-refractivity contribution in [3.8, 4) is 5.75 Å². The quantitative estimate of drug-likeness (QED) is 0.361. The molecule has 3 N–H and O–H groups in total. The van der Waals surface area contributed by atoms with Gasteiger partial charge < -0.3 is 15.7 Å². The van der Waals surface area contributed by atoms with E-state index < -0.39 is 0 Å². The summed E-state index contributed by atoms with van der Waals surface area (Å²) in [5, 5.41) is 11.8. The number of benzene rings is 1. The highest BCUT2D eigenvalue weighted by Gasteiger charge is 2.23. The van der Waals surface area contributed by atoms with E-state index in [1.165, 1.54) is 5.56 Å². The summed E-state index contributed by atoms with van der Waals surface area (Å²) in [6, 6.07) is 8.21. The fourth-order valence-electron chi connectivity index (χ4n) is 2.73. The van der Waals surface area contributed by atoms with Gasteiger partial charge >= 0.3 is 0 Å². The molecule has 1 unspecified atom stereocenters. The van der Waals surface area contributed by atoms with E-state index in [9.17, 15) is 0 Å². The van der Waals surface area contributed by atoms with Gasteiger partial charge in [-0.25, -0.2) is 0 Å². The van der Waals surface area contributed by atoms with Gasteiger partial charge in [-0.05, 0) is 31.0 Å². The van der Waals surface area contributed by atoms with Crippen molar-refractivity contribution in [1.29, 1.82) is 0 Å². The maximum atomic E-state index is 8.73. The van der Waals surface area contributed by atoms with E-state index in [-0.39, 0.29) is 5.84 Å². The Morgan fingerprint density at radius 1 is 1.50 bits per heavy atom. The lowest BCUT2D eigenvalue weighted by atomic mass is 9.92. The molecular weight excluding hydrogens is 254 g/mol. The third-order valence-electron chi connectivity index (χ3n) is 3.62. The van der Waals surface area contributed by atoms with Crippen molar-refractivity contribution in [2.75, 3.05) is 26.2 Å². The maximum Gasteiger partial charge on any atom is 0.153 e. The van der Waals surface area contributed by atoms with E-state index in [1.54, 1.807) is 0 Å². The first kappa shape index (κ1) is 14.7. The Labute approximate surface area is 120 Å². The van der Waals surface area contributed by atoms with Gasteiger partial charge in [-0.1, -0.05) is 30.3 Å². The van der Waals surface area contributed by atoms with Crippen LogP contribution in [0.4, 0.5) is 0 Å². The van der Waals surface area contributed by atoms with Gasteiger partial charge in [0.25, 0.3) is 0 Å². The molecule has 0 saturated carbocycles. The van der Waals surface area contributed by atoms with Crippen molar-refractivity contribution >= 4 is 5.84 Å². The van der Waals surface area contributed by atoms with Crippen molar-refractivity contribution in [2.45, 2.75) is 25.7 Å². The van der Waals surface area contributed by atoms with Gasteiger partial charge in [0.05, 0.1) is 13.2 Å². The molecule has 20 heavy (non-hydrogen) atoms. The Bertz CT molecular complexity index is 462. The predicted octanol–water partition coefficient (Wildman–Crippen LogP) is 2.01. The van der Waals surface area contributed by atoms with E-state index in [0.29, 0.717) is 12.5 Å². The lowest BCUT2D eigenvalue weighted by Gasteiger charge is -2.31. The predicted molar refractivity (Wildman–Crippen MR) is 79.4 cm³/mol. The summed E-state index contributed by atoms with van der Waals surface area (Å²) < 4.78 is 5.69. The van der Waals surface area contributed by atoms with Crippen LogP contribution in [0, 0.1) is 0 Å². The molecule has 2 rings (SSSR count). The summed E-state index contributed by atoms with van der Waals surface area (Å²) in [6.07, 6.45) is 2.05. The van der Waals surface area contributed by atoms with Crippen LogP contribution in [0.3, 0.4) is 0 Å². The van der Waals surface area contributed by atoms with Crippen molar-refractivity contribution in [2.24, 2.45) is 10.9 Å². The first-order chi connectivity index (χ1) is 9.74. The Morgan fingerprint density at radius 3 is 3.05 bits per heavy atom. The van der Waals surface area contributed by atoms with Gasteiger partial charge in [0.15, 0.2) is 5.84 Å². The molecule has 0 aromatic heterocycles. The fourth-order valence-corrected chi connectivity index (χ4v) is 2.73.